The zero-order valence-corrected chi connectivity index (χ0v) is 15.0. The van der Waals surface area contributed by atoms with Gasteiger partial charge in [-0.2, -0.15) is 0 Å². The van der Waals surface area contributed by atoms with Gasteiger partial charge in [0, 0.05) is 10.9 Å². The van der Waals surface area contributed by atoms with E-state index in [-0.39, 0.29) is 5.56 Å². The molecule has 0 amide bonds. The molecule has 0 radical (unpaired) electrons. The SMILES string of the molecule is Cc1ccc(-c2csc3ncn(Cc4ccccc4)c(=O)c23)c(C)c1. The minimum absolute atomic E-state index is 0.0186. The number of hydrogen-bond acceptors (Lipinski definition) is 3. The second-order valence-electron chi connectivity index (χ2n) is 6.31. The summed E-state index contributed by atoms with van der Waals surface area (Å²) in [5, 5.41) is 2.76. The second-order valence-corrected chi connectivity index (χ2v) is 7.17. The Morgan fingerprint density at radius 3 is 2.60 bits per heavy atom. The van der Waals surface area contributed by atoms with Crippen molar-refractivity contribution in [3.63, 3.8) is 0 Å². The fraction of sp³-hybridized carbons (Fsp3) is 0.143. The van der Waals surface area contributed by atoms with Crippen molar-refractivity contribution in [2.75, 3.05) is 0 Å². The first-order valence-electron chi connectivity index (χ1n) is 8.21. The van der Waals surface area contributed by atoms with Crippen LogP contribution in [0.1, 0.15) is 16.7 Å². The summed E-state index contributed by atoms with van der Waals surface area (Å²) in [6.07, 6.45) is 1.65. The summed E-state index contributed by atoms with van der Waals surface area (Å²) in [6, 6.07) is 16.3. The number of aromatic nitrogens is 2. The Kier molecular flexibility index (Phi) is 3.98. The number of nitrogens with zero attached hydrogens (tertiary/aromatic N) is 2. The maximum atomic E-state index is 13.1. The number of thiophene rings is 1. The highest BCUT2D eigenvalue weighted by Crippen LogP contribution is 2.33. The van der Waals surface area contributed by atoms with Crippen LogP contribution in [-0.2, 0) is 6.54 Å². The lowest BCUT2D eigenvalue weighted by atomic mass is 9.99. The molecule has 124 valence electrons. The van der Waals surface area contributed by atoms with E-state index >= 15 is 0 Å². The van der Waals surface area contributed by atoms with Crippen LogP contribution in [-0.4, -0.2) is 9.55 Å². The summed E-state index contributed by atoms with van der Waals surface area (Å²) in [5.74, 6) is 0. The van der Waals surface area contributed by atoms with E-state index in [1.807, 2.05) is 35.7 Å². The van der Waals surface area contributed by atoms with Gasteiger partial charge in [-0.3, -0.25) is 9.36 Å². The van der Waals surface area contributed by atoms with Crippen molar-refractivity contribution in [1.82, 2.24) is 9.55 Å². The molecule has 4 aromatic rings. The van der Waals surface area contributed by atoms with E-state index in [1.54, 1.807) is 10.9 Å². The van der Waals surface area contributed by atoms with Crippen LogP contribution < -0.4 is 5.56 Å². The van der Waals surface area contributed by atoms with Crippen LogP contribution in [0.3, 0.4) is 0 Å². The van der Waals surface area contributed by atoms with E-state index in [1.165, 1.54) is 22.5 Å². The Morgan fingerprint density at radius 1 is 1.04 bits per heavy atom. The summed E-state index contributed by atoms with van der Waals surface area (Å²) in [5.41, 5.74) is 5.60. The molecule has 0 saturated carbocycles. The lowest BCUT2D eigenvalue weighted by Crippen LogP contribution is -2.20. The summed E-state index contributed by atoms with van der Waals surface area (Å²) < 4.78 is 1.69. The lowest BCUT2D eigenvalue weighted by molar-refractivity contribution is 0.749. The Morgan fingerprint density at radius 2 is 1.84 bits per heavy atom. The van der Waals surface area contributed by atoms with Gasteiger partial charge >= 0.3 is 0 Å². The third kappa shape index (κ3) is 2.89. The molecule has 4 rings (SSSR count). The molecule has 0 unspecified atom stereocenters. The van der Waals surface area contributed by atoms with Crippen LogP contribution in [0, 0.1) is 13.8 Å². The van der Waals surface area contributed by atoms with Gasteiger partial charge in [0.25, 0.3) is 5.56 Å². The van der Waals surface area contributed by atoms with E-state index < -0.39 is 0 Å². The third-order valence-electron chi connectivity index (χ3n) is 4.43. The summed E-state index contributed by atoms with van der Waals surface area (Å²) >= 11 is 1.53. The molecule has 0 aliphatic heterocycles. The number of fused-ring (bicyclic) bond motifs is 1. The average molecular weight is 346 g/mol. The normalized spacial score (nSPS) is 11.1. The molecule has 0 saturated heterocycles. The van der Waals surface area contributed by atoms with Gasteiger partial charge in [-0.25, -0.2) is 4.98 Å². The first-order valence-corrected chi connectivity index (χ1v) is 9.09. The van der Waals surface area contributed by atoms with Crippen molar-refractivity contribution < 1.29 is 0 Å². The van der Waals surface area contributed by atoms with Gasteiger partial charge in [-0.1, -0.05) is 54.1 Å². The summed E-state index contributed by atoms with van der Waals surface area (Å²) in [7, 11) is 0. The van der Waals surface area contributed by atoms with E-state index in [2.05, 4.69) is 37.0 Å². The Hall–Kier alpha value is -2.72. The van der Waals surface area contributed by atoms with Gasteiger partial charge in [-0.05, 0) is 30.5 Å². The topological polar surface area (TPSA) is 34.9 Å². The highest BCUT2D eigenvalue weighted by molar-refractivity contribution is 7.17. The van der Waals surface area contributed by atoms with Crippen molar-refractivity contribution in [2.24, 2.45) is 0 Å². The fourth-order valence-electron chi connectivity index (χ4n) is 3.17. The summed E-state index contributed by atoms with van der Waals surface area (Å²) in [6.45, 7) is 4.70. The molecule has 0 spiro atoms. The van der Waals surface area contributed by atoms with Crippen LogP contribution in [0.25, 0.3) is 21.3 Å². The minimum Gasteiger partial charge on any atom is -0.294 e. The molecule has 0 bridgehead atoms. The third-order valence-corrected chi connectivity index (χ3v) is 5.31. The highest BCUT2D eigenvalue weighted by atomic mass is 32.1. The summed E-state index contributed by atoms with van der Waals surface area (Å²) in [4.78, 5) is 18.4. The van der Waals surface area contributed by atoms with Crippen molar-refractivity contribution in [3.8, 4) is 11.1 Å². The largest absolute Gasteiger partial charge is 0.294 e. The quantitative estimate of drug-likeness (QED) is 0.534. The van der Waals surface area contributed by atoms with Gasteiger partial charge < -0.3 is 0 Å². The maximum absolute atomic E-state index is 13.1. The molecule has 0 aliphatic carbocycles. The monoisotopic (exact) mass is 346 g/mol. The average Bonchev–Trinajstić information content (AvgIpc) is 3.03. The molecular formula is C21H18N2OS. The smallest absolute Gasteiger partial charge is 0.263 e. The maximum Gasteiger partial charge on any atom is 0.263 e. The van der Waals surface area contributed by atoms with E-state index in [0.717, 1.165) is 26.9 Å². The van der Waals surface area contributed by atoms with Gasteiger partial charge in [0.2, 0.25) is 0 Å². The minimum atomic E-state index is 0.0186. The molecule has 2 aromatic heterocycles. The van der Waals surface area contributed by atoms with E-state index in [0.29, 0.717) is 6.54 Å². The molecule has 2 heterocycles. The van der Waals surface area contributed by atoms with Crippen LogP contribution in [0.2, 0.25) is 0 Å². The molecule has 0 atom stereocenters. The standard InChI is InChI=1S/C21H18N2OS/c1-14-8-9-17(15(2)10-14)18-12-25-20-19(18)21(24)23(13-22-20)11-16-6-4-3-5-7-16/h3-10,12-13H,11H2,1-2H3. The van der Waals surface area contributed by atoms with Gasteiger partial charge in [0.15, 0.2) is 0 Å². The van der Waals surface area contributed by atoms with Crippen LogP contribution in [0.5, 0.6) is 0 Å². The number of benzene rings is 2. The van der Waals surface area contributed by atoms with Crippen LogP contribution in [0.4, 0.5) is 0 Å². The predicted molar refractivity (Wildman–Crippen MR) is 104 cm³/mol. The number of hydrogen-bond donors (Lipinski definition) is 0. The zero-order chi connectivity index (χ0) is 17.4. The first-order chi connectivity index (χ1) is 12.1. The second kappa shape index (κ2) is 6.30. The highest BCUT2D eigenvalue weighted by Gasteiger charge is 2.14. The van der Waals surface area contributed by atoms with Crippen molar-refractivity contribution >= 4 is 21.6 Å². The van der Waals surface area contributed by atoms with Crippen molar-refractivity contribution in [1.29, 1.82) is 0 Å². The molecule has 0 fully saturated rings. The zero-order valence-electron chi connectivity index (χ0n) is 14.2. The number of rotatable bonds is 3. The van der Waals surface area contributed by atoms with Gasteiger partial charge in [0.1, 0.15) is 4.83 Å². The molecular weight excluding hydrogens is 328 g/mol. The van der Waals surface area contributed by atoms with Crippen molar-refractivity contribution in [2.45, 2.75) is 20.4 Å². The first kappa shape index (κ1) is 15.8. The molecule has 2 aromatic carbocycles. The molecule has 4 heteroatoms. The fourth-order valence-corrected chi connectivity index (χ4v) is 4.07. The predicted octanol–water partition coefficient (Wildman–Crippen LogP) is 4.79. The van der Waals surface area contributed by atoms with Gasteiger partial charge in [0.05, 0.1) is 18.3 Å². The molecule has 3 nitrogen and oxygen atoms in total. The van der Waals surface area contributed by atoms with Crippen molar-refractivity contribution in [3.05, 3.63) is 87.3 Å². The molecule has 0 aliphatic rings. The Bertz CT molecular complexity index is 1110. The number of aryl methyl sites for hydroxylation is 2. The molecule has 25 heavy (non-hydrogen) atoms. The lowest BCUT2D eigenvalue weighted by Gasteiger charge is -2.08. The van der Waals surface area contributed by atoms with Gasteiger partial charge in [-0.15, -0.1) is 11.3 Å². The molecule has 0 N–H and O–H groups in total. The van der Waals surface area contributed by atoms with E-state index in [4.69, 9.17) is 0 Å². The van der Waals surface area contributed by atoms with Crippen LogP contribution >= 0.6 is 11.3 Å². The van der Waals surface area contributed by atoms with Crippen LogP contribution in [0.15, 0.2) is 65.0 Å². The van der Waals surface area contributed by atoms with E-state index in [9.17, 15) is 4.79 Å². The Labute approximate surface area is 150 Å². The Balaban J connectivity index is 1.87.